The molecule has 644 valence electrons. The quantitative estimate of drug-likeness (QED) is 0.0127. The first-order chi connectivity index (χ1) is 54.2. The number of rotatable bonds is 56. The van der Waals surface area contributed by atoms with E-state index in [0.29, 0.717) is 36.9 Å². The van der Waals surface area contributed by atoms with Crippen molar-refractivity contribution >= 4 is 120 Å². The summed E-state index contributed by atoms with van der Waals surface area (Å²) in [4.78, 5) is 195. The highest BCUT2D eigenvalue weighted by Gasteiger charge is 2.41. The van der Waals surface area contributed by atoms with E-state index in [4.69, 9.17) is 62.4 Å². The monoisotopic (exact) mass is 1660 g/mol. The number of phenolic OH excluding ortho intramolecular Hbond substituents is 2. The first-order valence-electron chi connectivity index (χ1n) is 37.4. The molecule has 0 unspecified atom stereocenters. The number of thiol groups is 2. The summed E-state index contributed by atoms with van der Waals surface area (Å²) in [7, 11) is 0. The van der Waals surface area contributed by atoms with Gasteiger partial charge in [-0.2, -0.15) is 25.3 Å². The molecule has 13 amide bonds. The highest BCUT2D eigenvalue weighted by Crippen LogP contribution is 2.21. The number of guanidine groups is 2. The van der Waals surface area contributed by atoms with Crippen molar-refractivity contribution in [1.29, 1.82) is 10.8 Å². The molecule has 38 N–H and O–H groups in total. The Morgan fingerprint density at radius 1 is 0.409 bits per heavy atom. The number of aliphatic hydroxyl groups is 1. The molecule has 14 atom stereocenters. The molecular weight excluding hydrogens is 1540 g/mol. The predicted molar refractivity (Wildman–Crippen MR) is 430 cm³/mol. The number of amides is 13. The summed E-state index contributed by atoms with van der Waals surface area (Å²) in [6.07, 6.45) is -2.67. The molecular formula is C70H119N25O18S2. The van der Waals surface area contributed by atoms with Gasteiger partial charge < -0.3 is 146 Å². The number of aromatic hydroxyl groups is 2. The zero-order valence-corrected chi connectivity index (χ0v) is 66.6. The average molecular weight is 1660 g/mol. The number of carboxylic acids is 1. The van der Waals surface area contributed by atoms with E-state index in [1.807, 2.05) is 0 Å². The van der Waals surface area contributed by atoms with Crippen LogP contribution in [0.3, 0.4) is 0 Å². The Morgan fingerprint density at radius 2 is 0.730 bits per heavy atom. The molecule has 45 heteroatoms. The van der Waals surface area contributed by atoms with Crippen molar-refractivity contribution in [2.24, 2.45) is 51.6 Å². The van der Waals surface area contributed by atoms with Crippen LogP contribution in [0, 0.1) is 10.8 Å². The van der Waals surface area contributed by atoms with Crippen molar-refractivity contribution in [2.75, 3.05) is 51.6 Å². The Bertz CT molecular complexity index is 3550. The van der Waals surface area contributed by atoms with Gasteiger partial charge in [-0.1, -0.05) is 30.7 Å². The lowest BCUT2D eigenvalue weighted by Gasteiger charge is -2.32. The van der Waals surface area contributed by atoms with Gasteiger partial charge in [-0.3, -0.25) is 73.1 Å². The second-order valence-corrected chi connectivity index (χ2v) is 29.3. The van der Waals surface area contributed by atoms with Crippen molar-refractivity contribution in [1.82, 2.24) is 74.4 Å². The molecule has 0 aliphatic heterocycles. The van der Waals surface area contributed by atoms with Gasteiger partial charge in [0.1, 0.15) is 84.0 Å². The minimum atomic E-state index is -1.92. The summed E-state index contributed by atoms with van der Waals surface area (Å²) in [5.74, 6) is -16.3. The van der Waals surface area contributed by atoms with Crippen molar-refractivity contribution < 1.29 is 87.5 Å². The molecule has 0 heterocycles. The van der Waals surface area contributed by atoms with Gasteiger partial charge in [0.2, 0.25) is 76.8 Å². The number of phenols is 2. The second-order valence-electron chi connectivity index (χ2n) is 27.7. The van der Waals surface area contributed by atoms with Crippen LogP contribution in [0.25, 0.3) is 0 Å². The topological polar surface area (TPSA) is 770 Å². The molecule has 0 bridgehead atoms. The Morgan fingerprint density at radius 3 is 1.10 bits per heavy atom. The SMILES string of the molecule is C[C@@H](O)[C@H](NC(=O)[C@H](CCN)NC(=O)[C@H](CCCNC(=N)N)NC(=O)[C@H](CC(N)=O)NC(=O)[C@@H](NC(=O)[C@H](Cc1ccc(O)cc1)NC(=O)[C@@H](N)CCCCN)C(C)(C)S)C(=O)N[C@H](CCN)C(=O)N[C@@H](CCCCN)C(=O)N[C@@H](CS)C(=O)N[C@@H](CCN)C(=O)N[C@@H](CCCNC(=N)N)C(=O)N[C@@H](Cc1ccc(O)cc1)C(=O)O. The first-order valence-corrected chi connectivity index (χ1v) is 38.5. The van der Waals surface area contributed by atoms with Gasteiger partial charge in [0.05, 0.1) is 18.6 Å². The maximum atomic E-state index is 14.4. The lowest BCUT2D eigenvalue weighted by atomic mass is 9.99. The number of aliphatic carboxylic acids is 1. The number of hydrogen-bond donors (Lipinski definition) is 31. The number of carbonyl (C=O) groups is 14. The van der Waals surface area contributed by atoms with Gasteiger partial charge in [0, 0.05) is 36.4 Å². The third-order valence-electron chi connectivity index (χ3n) is 17.6. The summed E-state index contributed by atoms with van der Waals surface area (Å²) >= 11 is 8.82. The van der Waals surface area contributed by atoms with Crippen molar-refractivity contribution in [3.8, 4) is 11.5 Å². The third kappa shape index (κ3) is 38.5. The smallest absolute Gasteiger partial charge is 0.326 e. The molecule has 0 saturated carbocycles. The second kappa shape index (κ2) is 52.9. The van der Waals surface area contributed by atoms with E-state index in [1.54, 1.807) is 0 Å². The van der Waals surface area contributed by atoms with Crippen LogP contribution in [0.4, 0.5) is 0 Å². The van der Waals surface area contributed by atoms with Crippen LogP contribution >= 0.6 is 25.3 Å². The van der Waals surface area contributed by atoms with Gasteiger partial charge >= 0.3 is 5.97 Å². The zero-order chi connectivity index (χ0) is 86.7. The Kier molecular flexibility index (Phi) is 46.3. The standard InChI is InChI=1S/C70H119N25O18S2/c1-36(96)53(65(110)89-46(23-28-74)60(105)84-42(11-5-7-26-72)58(103)93-51(35-114)64(109)88-45(22-27-73)59(104)85-44(13-9-31-83-69(80)81)57(102)92-50(67(112)113)33-38-16-20-40(98)21-17-38)94-61(106)47(24-29-75)87-56(101)43(12-8-30-82-68(78)79)86-62(107)49(34-52(77)99)91-66(111)54(70(2,3)115)95-63(108)48(32-37-14-18-39(97)19-15-37)90-55(100)41(76)10-4-6-25-71/h14-21,36,41-51,53-54,96-98,114-115H,4-13,22-35,71-76H2,1-3H3,(H2,77,99)(H,84,105)(H,85,104)(H,86,107)(H,87,101)(H,88,109)(H,89,110)(H,90,100)(H,91,111)(H,92,102)(H,93,103)(H,94,106)(H,95,108)(H,112,113)(H4,78,79,82)(H4,80,81,83)/t36-,41+,42+,43+,44+,45+,46-,47+,48+,49+,50+,51+,53+,54-/m1/s1. The van der Waals surface area contributed by atoms with Crippen LogP contribution in [0.2, 0.25) is 0 Å². The number of aliphatic hydroxyl groups excluding tert-OH is 1. The lowest BCUT2D eigenvalue weighted by Crippen LogP contribution is -2.63. The zero-order valence-electron chi connectivity index (χ0n) is 64.8. The summed E-state index contributed by atoms with van der Waals surface area (Å²) < 4.78 is -1.48. The number of carboxylic acid groups (broad SMARTS) is 1. The largest absolute Gasteiger partial charge is 0.508 e. The van der Waals surface area contributed by atoms with E-state index in [9.17, 15) is 87.5 Å². The summed E-state index contributed by atoms with van der Waals surface area (Å²) in [5, 5.41) is 90.6. The Labute approximate surface area is 677 Å². The van der Waals surface area contributed by atoms with E-state index in [1.165, 1.54) is 62.4 Å². The van der Waals surface area contributed by atoms with Crippen LogP contribution in [0.5, 0.6) is 11.5 Å². The summed E-state index contributed by atoms with van der Waals surface area (Å²) in [5.41, 5.74) is 52.6. The van der Waals surface area contributed by atoms with Gasteiger partial charge in [0.15, 0.2) is 11.9 Å². The minimum Gasteiger partial charge on any atom is -0.508 e. The maximum Gasteiger partial charge on any atom is 0.326 e. The van der Waals surface area contributed by atoms with Crippen LogP contribution in [0.1, 0.15) is 122 Å². The van der Waals surface area contributed by atoms with Gasteiger partial charge in [0.25, 0.3) is 0 Å². The molecule has 0 radical (unpaired) electrons. The van der Waals surface area contributed by atoms with E-state index < -0.39 is 196 Å². The van der Waals surface area contributed by atoms with Crippen molar-refractivity contribution in [3.63, 3.8) is 0 Å². The Balaban J connectivity index is 2.44. The lowest BCUT2D eigenvalue weighted by molar-refractivity contribution is -0.142. The van der Waals surface area contributed by atoms with E-state index in [0.717, 1.165) is 6.92 Å². The van der Waals surface area contributed by atoms with Gasteiger partial charge in [-0.15, -0.1) is 0 Å². The third-order valence-corrected chi connectivity index (χ3v) is 18.2. The molecule has 43 nitrogen and oxygen atoms in total. The molecule has 0 aromatic heterocycles. The molecule has 0 aliphatic carbocycles. The predicted octanol–water partition coefficient (Wildman–Crippen LogP) is -9.16. The normalized spacial score (nSPS) is 14.9. The minimum absolute atomic E-state index is 0.0298. The molecule has 0 saturated heterocycles. The Hall–Kier alpha value is -10.4. The van der Waals surface area contributed by atoms with Crippen molar-refractivity contribution in [2.45, 2.75) is 213 Å². The summed E-state index contributed by atoms with van der Waals surface area (Å²) in [6.45, 7) is 3.63. The molecule has 0 spiro atoms. The van der Waals surface area contributed by atoms with Crippen LogP contribution in [-0.4, -0.2) is 256 Å². The van der Waals surface area contributed by atoms with Crippen LogP contribution < -0.4 is 126 Å². The fraction of sp³-hybridized carbons (Fsp3) is 0.600. The number of hydrogen-bond acceptors (Lipinski definition) is 27. The summed E-state index contributed by atoms with van der Waals surface area (Å²) in [6, 6.07) is -9.11. The van der Waals surface area contributed by atoms with Crippen LogP contribution in [0.15, 0.2) is 48.5 Å². The fourth-order valence-electron chi connectivity index (χ4n) is 11.2. The molecule has 2 rings (SSSR count). The highest BCUT2D eigenvalue weighted by atomic mass is 32.1. The molecule has 0 aliphatic rings. The van der Waals surface area contributed by atoms with Crippen LogP contribution in [-0.2, 0) is 80.0 Å². The van der Waals surface area contributed by atoms with Gasteiger partial charge in [-0.25, -0.2) is 4.79 Å². The van der Waals surface area contributed by atoms with Crippen molar-refractivity contribution in [3.05, 3.63) is 59.7 Å². The molecule has 0 fully saturated rings. The first kappa shape index (κ1) is 101. The maximum absolute atomic E-state index is 14.4. The fourth-order valence-corrected chi connectivity index (χ4v) is 11.7. The average Bonchev–Trinajstić information content (AvgIpc) is 0.835. The number of unbranched alkanes of at least 4 members (excludes halogenated alkanes) is 2. The van der Waals surface area contributed by atoms with Gasteiger partial charge in [-0.05, 0) is 166 Å². The van der Waals surface area contributed by atoms with E-state index in [2.05, 4.69) is 99.7 Å². The number of primary amides is 1. The number of nitrogens with two attached hydrogens (primary N) is 9. The highest BCUT2D eigenvalue weighted by molar-refractivity contribution is 7.81. The number of carbonyl (C=O) groups excluding carboxylic acids is 13. The number of nitrogens with one attached hydrogen (secondary N) is 16. The molecule has 115 heavy (non-hydrogen) atoms. The molecule has 2 aromatic rings. The van der Waals surface area contributed by atoms with E-state index in [-0.39, 0.29) is 128 Å². The molecule has 2 aromatic carbocycles. The van der Waals surface area contributed by atoms with E-state index >= 15 is 0 Å². The number of benzene rings is 2.